The van der Waals surface area contributed by atoms with Gasteiger partial charge >= 0.3 is 5.97 Å². The number of carbonyl (C=O) groups is 1. The highest BCUT2D eigenvalue weighted by Crippen LogP contribution is 2.15. The zero-order chi connectivity index (χ0) is 15.3. The Morgan fingerprint density at radius 3 is 2.21 bits per heavy atom. The minimum atomic E-state index is -1.03. The van der Waals surface area contributed by atoms with E-state index in [9.17, 15) is 4.79 Å². The second-order valence-corrected chi connectivity index (χ2v) is 4.04. The predicted molar refractivity (Wildman–Crippen MR) is 75.6 cm³/mol. The van der Waals surface area contributed by atoms with Crippen molar-refractivity contribution in [3.8, 4) is 0 Å². The second kappa shape index (κ2) is 13.2. The fourth-order valence-electron chi connectivity index (χ4n) is 1.37. The normalized spacial score (nSPS) is 25.0. The van der Waals surface area contributed by atoms with Crippen LogP contribution in [0.2, 0.25) is 0 Å². The van der Waals surface area contributed by atoms with E-state index in [-0.39, 0.29) is 13.2 Å². The van der Waals surface area contributed by atoms with Crippen LogP contribution in [0, 0.1) is 11.3 Å². The van der Waals surface area contributed by atoms with E-state index >= 15 is 0 Å². The summed E-state index contributed by atoms with van der Waals surface area (Å²) in [5.74, 6) is -1.60. The molecule has 0 aromatic heterocycles. The van der Waals surface area contributed by atoms with Crippen LogP contribution < -0.4 is 5.32 Å². The highest BCUT2D eigenvalue weighted by atomic mass is 16.4. The van der Waals surface area contributed by atoms with E-state index in [1.54, 1.807) is 6.08 Å². The minimum Gasteiger partial charge on any atom is -0.480 e. The van der Waals surface area contributed by atoms with Gasteiger partial charge in [-0.25, -0.2) is 0 Å². The van der Waals surface area contributed by atoms with Crippen molar-refractivity contribution in [2.45, 2.75) is 39.3 Å². The topological polar surface area (TPSA) is 114 Å². The first-order valence-electron chi connectivity index (χ1n) is 6.36. The Hall–Kier alpha value is -1.24. The monoisotopic (exact) mass is 274 g/mol. The smallest absolute Gasteiger partial charge is 0.321 e. The maximum absolute atomic E-state index is 10.4. The van der Waals surface area contributed by atoms with E-state index in [1.165, 1.54) is 12.6 Å². The van der Waals surface area contributed by atoms with Gasteiger partial charge in [0.25, 0.3) is 0 Å². The molecule has 0 saturated carbocycles. The van der Waals surface area contributed by atoms with Crippen molar-refractivity contribution in [3.05, 3.63) is 12.2 Å². The number of allylic oxidation sites excluding steroid dienone is 2. The molecule has 1 fully saturated rings. The number of nitrogens with one attached hydrogen (secondary N) is 2. The van der Waals surface area contributed by atoms with E-state index in [2.05, 4.69) is 19.2 Å². The summed E-state index contributed by atoms with van der Waals surface area (Å²) in [5.41, 5.74) is 0. The molecule has 1 saturated heterocycles. The Balaban J connectivity index is 0. The molecule has 1 aliphatic rings. The van der Waals surface area contributed by atoms with Crippen LogP contribution in [0.15, 0.2) is 12.2 Å². The summed E-state index contributed by atoms with van der Waals surface area (Å²) in [6.07, 6.45) is 5.23. The number of rotatable bonds is 3. The molecule has 112 valence electrons. The Morgan fingerprint density at radius 2 is 2.00 bits per heavy atom. The number of aliphatic carboxylic acids is 1. The highest BCUT2D eigenvalue weighted by Gasteiger charge is 2.38. The van der Waals surface area contributed by atoms with Crippen LogP contribution in [0.4, 0.5) is 0 Å². The van der Waals surface area contributed by atoms with Crippen molar-refractivity contribution in [2.24, 2.45) is 5.92 Å². The molecule has 3 atom stereocenters. The quantitative estimate of drug-likeness (QED) is 0.485. The lowest BCUT2D eigenvalue weighted by Gasteiger charge is -2.14. The van der Waals surface area contributed by atoms with Crippen molar-refractivity contribution >= 4 is 12.2 Å². The van der Waals surface area contributed by atoms with Gasteiger partial charge in [-0.1, -0.05) is 26.3 Å². The summed E-state index contributed by atoms with van der Waals surface area (Å²) in [6.45, 7) is 6.07. The van der Waals surface area contributed by atoms with Crippen LogP contribution >= 0.6 is 0 Å². The van der Waals surface area contributed by atoms with E-state index in [0.29, 0.717) is 0 Å². The zero-order valence-corrected chi connectivity index (χ0v) is 11.8. The molecule has 19 heavy (non-hydrogen) atoms. The van der Waals surface area contributed by atoms with Crippen molar-refractivity contribution in [1.82, 2.24) is 5.32 Å². The van der Waals surface area contributed by atoms with Gasteiger partial charge in [0, 0.05) is 18.7 Å². The molecule has 6 heteroatoms. The van der Waals surface area contributed by atoms with Crippen molar-refractivity contribution in [2.75, 3.05) is 13.2 Å². The molecular formula is C13H26N2O4. The standard InChI is InChI=1S/C6H11NO4.C4H7N.C3H8/c8-2-3-4(9)1-7-5(3)6(10)11;1-2-3-4-5;1-3-2/h3-5,7-9H,1-2H2,(H,10,11);2-5H,1H3;3H2,1-2H3/b;3-2-,5-4?;/t3?,4?,5-;;/m0../s1. The maximum atomic E-state index is 10.4. The van der Waals surface area contributed by atoms with Gasteiger partial charge in [0.1, 0.15) is 6.04 Å². The van der Waals surface area contributed by atoms with Gasteiger partial charge in [-0.2, -0.15) is 0 Å². The summed E-state index contributed by atoms with van der Waals surface area (Å²) in [7, 11) is 0. The van der Waals surface area contributed by atoms with Crippen molar-refractivity contribution in [3.63, 3.8) is 0 Å². The lowest BCUT2D eigenvalue weighted by atomic mass is 10.00. The number of aliphatic hydroxyl groups excluding tert-OH is 2. The summed E-state index contributed by atoms with van der Waals surface area (Å²) in [6, 6.07) is -0.810. The summed E-state index contributed by atoms with van der Waals surface area (Å²) >= 11 is 0. The van der Waals surface area contributed by atoms with Gasteiger partial charge in [-0.3, -0.25) is 4.79 Å². The van der Waals surface area contributed by atoms with Gasteiger partial charge in [0.2, 0.25) is 0 Å². The molecule has 6 nitrogen and oxygen atoms in total. The number of carboxylic acids is 1. The first kappa shape index (κ1) is 20.1. The number of β-amino-alcohol motifs (C(OH)–C–C–N with tert-alkyl or cyclic N) is 1. The average Bonchev–Trinajstić information content (AvgIpc) is 2.73. The molecule has 1 rings (SSSR count). The SMILES string of the molecule is C/C=C\C=N.CCC.O=C(O)[C@H]1NCC(O)C1CO. The van der Waals surface area contributed by atoms with Crippen LogP contribution in [0.3, 0.4) is 0 Å². The first-order valence-corrected chi connectivity index (χ1v) is 6.36. The molecule has 0 radical (unpaired) electrons. The molecule has 0 aliphatic carbocycles. The largest absolute Gasteiger partial charge is 0.480 e. The summed E-state index contributed by atoms with van der Waals surface area (Å²) in [5, 5.41) is 35.4. The predicted octanol–water partition coefficient (Wildman–Crippen LogP) is 0.641. The zero-order valence-electron chi connectivity index (χ0n) is 11.8. The van der Waals surface area contributed by atoms with Crippen molar-refractivity contribution in [1.29, 1.82) is 5.41 Å². The van der Waals surface area contributed by atoms with Gasteiger partial charge in [0.05, 0.1) is 12.7 Å². The van der Waals surface area contributed by atoms with Crippen molar-refractivity contribution < 1.29 is 20.1 Å². The molecule has 1 heterocycles. The third kappa shape index (κ3) is 9.35. The van der Waals surface area contributed by atoms with Crippen LogP contribution in [-0.2, 0) is 4.79 Å². The second-order valence-electron chi connectivity index (χ2n) is 4.04. The van der Waals surface area contributed by atoms with E-state index in [1.807, 2.05) is 13.0 Å². The van der Waals surface area contributed by atoms with Crippen LogP contribution in [0.1, 0.15) is 27.2 Å². The summed E-state index contributed by atoms with van der Waals surface area (Å²) in [4.78, 5) is 10.4. The van der Waals surface area contributed by atoms with Gasteiger partial charge < -0.3 is 26.0 Å². The Labute approximate surface area is 114 Å². The lowest BCUT2D eigenvalue weighted by molar-refractivity contribution is -0.141. The molecule has 2 unspecified atom stereocenters. The third-order valence-electron chi connectivity index (χ3n) is 2.23. The number of carboxylic acid groups (broad SMARTS) is 1. The molecule has 0 aromatic carbocycles. The fourth-order valence-corrected chi connectivity index (χ4v) is 1.37. The van der Waals surface area contributed by atoms with E-state index in [0.717, 1.165) is 0 Å². The fraction of sp³-hybridized carbons (Fsp3) is 0.692. The molecule has 0 spiro atoms. The van der Waals surface area contributed by atoms with Gasteiger partial charge in [0.15, 0.2) is 0 Å². The molecule has 5 N–H and O–H groups in total. The molecule has 0 aromatic rings. The molecule has 0 amide bonds. The molecule has 0 bridgehead atoms. The average molecular weight is 274 g/mol. The van der Waals surface area contributed by atoms with Gasteiger partial charge in [-0.05, 0) is 13.0 Å². The molecule has 1 aliphatic heterocycles. The van der Waals surface area contributed by atoms with E-state index in [4.69, 9.17) is 20.7 Å². The van der Waals surface area contributed by atoms with Crippen LogP contribution in [0.25, 0.3) is 0 Å². The highest BCUT2D eigenvalue weighted by molar-refractivity contribution is 5.74. The number of aliphatic hydroxyl groups is 2. The first-order chi connectivity index (χ1) is 8.99. The van der Waals surface area contributed by atoms with Crippen LogP contribution in [-0.4, -0.2) is 52.8 Å². The lowest BCUT2D eigenvalue weighted by Crippen LogP contribution is -2.37. The third-order valence-corrected chi connectivity index (χ3v) is 2.23. The molecular weight excluding hydrogens is 248 g/mol. The Morgan fingerprint density at radius 1 is 1.47 bits per heavy atom. The number of hydrogen-bond donors (Lipinski definition) is 5. The van der Waals surface area contributed by atoms with Gasteiger partial charge in [-0.15, -0.1) is 0 Å². The number of hydrogen-bond acceptors (Lipinski definition) is 5. The Kier molecular flexibility index (Phi) is 14.0. The minimum absolute atomic E-state index is 0.238. The maximum Gasteiger partial charge on any atom is 0.321 e. The van der Waals surface area contributed by atoms with Crippen LogP contribution in [0.5, 0.6) is 0 Å². The van der Waals surface area contributed by atoms with E-state index < -0.39 is 24.0 Å². The Bertz CT molecular complexity index is 269. The summed E-state index contributed by atoms with van der Waals surface area (Å²) < 4.78 is 0.